The average Bonchev–Trinajstić information content (AvgIpc) is 3.35. The van der Waals surface area contributed by atoms with E-state index < -0.39 is 5.97 Å². The first kappa shape index (κ1) is 24.0. The van der Waals surface area contributed by atoms with Crippen LogP contribution >= 0.6 is 0 Å². The van der Waals surface area contributed by atoms with Gasteiger partial charge in [0.25, 0.3) is 0 Å². The van der Waals surface area contributed by atoms with Crippen molar-refractivity contribution in [1.29, 1.82) is 0 Å². The minimum atomic E-state index is -0.709. The summed E-state index contributed by atoms with van der Waals surface area (Å²) < 4.78 is 8.21. The van der Waals surface area contributed by atoms with E-state index in [1.54, 1.807) is 0 Å². The van der Waals surface area contributed by atoms with Gasteiger partial charge in [0.05, 0.1) is 0 Å². The molecule has 0 spiro atoms. The van der Waals surface area contributed by atoms with Crippen molar-refractivity contribution in [2.24, 2.45) is 0 Å². The van der Waals surface area contributed by atoms with Gasteiger partial charge in [-0.05, 0) is 0 Å². The molecular weight excluding hydrogens is 542 g/mol. The van der Waals surface area contributed by atoms with Crippen LogP contribution in [0.3, 0.4) is 0 Å². The maximum atomic E-state index is 10.9. The van der Waals surface area contributed by atoms with E-state index in [2.05, 4.69) is 83.1 Å². The molecule has 0 radical (unpaired) electrons. The molecule has 0 aliphatic carbocycles. The van der Waals surface area contributed by atoms with E-state index >= 15 is 0 Å². The topological polar surface area (TPSA) is 44.4 Å². The van der Waals surface area contributed by atoms with Crippen LogP contribution in [0.5, 0.6) is 0 Å². The zero-order chi connectivity index (χ0) is 23.0. The Bertz CT molecular complexity index is 1170. The van der Waals surface area contributed by atoms with Gasteiger partial charge in [-0.15, -0.1) is 0 Å². The van der Waals surface area contributed by atoms with Crippen molar-refractivity contribution < 1.29 is 14.5 Å². The van der Waals surface area contributed by atoms with Crippen LogP contribution in [-0.4, -0.2) is 47.1 Å². The number of allylic oxidation sites excluding steroid dienone is 2. The van der Waals surface area contributed by atoms with Crippen molar-refractivity contribution in [1.82, 2.24) is 0 Å². The summed E-state index contributed by atoms with van der Waals surface area (Å²) in [6.45, 7) is 4.22. The molecule has 1 N–H and O–H groups in total. The van der Waals surface area contributed by atoms with Crippen LogP contribution in [-0.2, 0) is 11.3 Å². The zero-order valence-electron chi connectivity index (χ0n) is 19.1. The summed E-state index contributed by atoms with van der Waals surface area (Å²) in [7, 11) is 0. The number of aromatic nitrogens is 1. The van der Waals surface area contributed by atoms with Gasteiger partial charge in [0, 0.05) is 0 Å². The summed E-state index contributed by atoms with van der Waals surface area (Å²) in [5.41, 5.74) is 2.68. The molecule has 6 heteroatoms. The first-order valence-electron chi connectivity index (χ1n) is 11.7. The molecule has 1 aromatic heterocycles. The van der Waals surface area contributed by atoms with E-state index in [1.165, 1.54) is 48.4 Å². The first-order chi connectivity index (χ1) is 16.2. The predicted octanol–water partition coefficient (Wildman–Crippen LogP) is 4.33. The van der Waals surface area contributed by atoms with Crippen LogP contribution in [0.15, 0.2) is 65.3 Å². The average molecular weight is 573 g/mol. The molecule has 0 bridgehead atoms. The van der Waals surface area contributed by atoms with Crippen molar-refractivity contribution >= 4 is 61.4 Å². The van der Waals surface area contributed by atoms with Crippen LogP contribution in [0, 0.1) is 0 Å². The van der Waals surface area contributed by atoms with Gasteiger partial charge in [-0.3, -0.25) is 0 Å². The Balaban J connectivity index is 1.54. The van der Waals surface area contributed by atoms with Crippen molar-refractivity contribution in [3.63, 3.8) is 0 Å². The second kappa shape index (κ2) is 11.9. The van der Waals surface area contributed by atoms with Gasteiger partial charge in [0.2, 0.25) is 0 Å². The van der Waals surface area contributed by atoms with E-state index in [0.717, 1.165) is 25.9 Å². The molecule has 4 rings (SSSR count). The number of fused-ring (bicyclic) bond motifs is 2. The number of unbranched alkanes of at least 4 members (excludes halogenated alkanes) is 3. The fourth-order valence-electron chi connectivity index (χ4n) is 4.09. The Morgan fingerprint density at radius 3 is 2.73 bits per heavy atom. The van der Waals surface area contributed by atoms with E-state index in [9.17, 15) is 4.79 Å². The summed E-state index contributed by atoms with van der Waals surface area (Å²) in [4.78, 5) is 13.3. The van der Waals surface area contributed by atoms with Crippen LogP contribution in [0.1, 0.15) is 50.0 Å². The number of rotatable bonds is 11. The summed E-state index contributed by atoms with van der Waals surface area (Å²) in [5, 5.41) is 8.95. The molecule has 4 nitrogen and oxygen atoms in total. The van der Waals surface area contributed by atoms with Crippen LogP contribution in [0.2, 0.25) is 0 Å². The number of para-hydroxylation sites is 2. The SMILES string of the molecule is CCCCC[n+]1c(/C=C/C=C2\[Se]c3ccccc3N2CCCCC(=O)O)[se]c2ccccc21. The molecular formula is C27H31N2O2Se2+. The molecule has 1 aliphatic heterocycles. The second-order valence-corrected chi connectivity index (χ2v) is 12.7. The molecule has 1 aliphatic rings. The van der Waals surface area contributed by atoms with Gasteiger partial charge in [-0.2, -0.15) is 0 Å². The second-order valence-electron chi connectivity index (χ2n) is 8.20. The number of aliphatic carboxylic acids is 1. The van der Waals surface area contributed by atoms with E-state index in [1.807, 2.05) is 0 Å². The molecule has 2 aromatic carbocycles. The molecule has 172 valence electrons. The summed E-state index contributed by atoms with van der Waals surface area (Å²) in [6, 6.07) is 17.5. The molecule has 2 heterocycles. The Labute approximate surface area is 208 Å². The number of aryl methyl sites for hydroxylation is 1. The molecule has 0 amide bonds. The molecule has 33 heavy (non-hydrogen) atoms. The van der Waals surface area contributed by atoms with Crippen molar-refractivity contribution in [2.45, 2.75) is 52.0 Å². The Morgan fingerprint density at radius 2 is 1.88 bits per heavy atom. The minimum absolute atomic E-state index is 0.244. The van der Waals surface area contributed by atoms with Crippen molar-refractivity contribution in [3.8, 4) is 0 Å². The molecule has 0 saturated carbocycles. The normalized spacial score (nSPS) is 14.6. The molecule has 0 atom stereocenters. The number of hydrogen-bond acceptors (Lipinski definition) is 2. The Hall–Kier alpha value is -2.10. The standard InChI is InChI=1S/C27H30N2O2Se2/c1-2-3-9-19-28-21-12-4-6-14-23(21)32-25(28)16-11-17-26-29(20-10-8-18-27(30)31)22-13-5-7-15-24(22)33-26/h4-7,11-17H,2-3,8-10,18-20H2,1H3/p+1. The Kier molecular flexibility index (Phi) is 8.63. The number of carbonyl (C=O) groups is 1. The summed E-state index contributed by atoms with van der Waals surface area (Å²) in [6.07, 6.45) is 12.4. The summed E-state index contributed by atoms with van der Waals surface area (Å²) in [5.74, 6) is -0.709. The fourth-order valence-corrected chi connectivity index (χ4v) is 8.71. The molecule has 3 aromatic rings. The zero-order valence-corrected chi connectivity index (χ0v) is 22.5. The third-order valence-electron chi connectivity index (χ3n) is 5.76. The molecule has 0 fully saturated rings. The number of anilines is 1. The van der Waals surface area contributed by atoms with Gasteiger partial charge >= 0.3 is 209 Å². The fraction of sp³-hybridized carbons (Fsp3) is 0.333. The van der Waals surface area contributed by atoms with Crippen molar-refractivity contribution in [2.75, 3.05) is 11.4 Å². The Morgan fingerprint density at radius 1 is 1.06 bits per heavy atom. The van der Waals surface area contributed by atoms with Gasteiger partial charge in [-0.1, -0.05) is 0 Å². The quantitative estimate of drug-likeness (QED) is 0.211. The number of carboxylic acids is 1. The van der Waals surface area contributed by atoms with Crippen LogP contribution in [0.4, 0.5) is 5.69 Å². The van der Waals surface area contributed by atoms with Gasteiger partial charge < -0.3 is 0 Å². The van der Waals surface area contributed by atoms with Crippen molar-refractivity contribution in [3.05, 3.63) is 69.8 Å². The number of hydrogen-bond donors (Lipinski definition) is 1. The first-order valence-corrected chi connectivity index (χ1v) is 15.2. The maximum absolute atomic E-state index is 10.9. The van der Waals surface area contributed by atoms with E-state index in [4.69, 9.17) is 5.11 Å². The monoisotopic (exact) mass is 575 g/mol. The van der Waals surface area contributed by atoms with Gasteiger partial charge in [0.1, 0.15) is 0 Å². The summed E-state index contributed by atoms with van der Waals surface area (Å²) >= 11 is 0.626. The molecule has 0 unspecified atom stereocenters. The predicted molar refractivity (Wildman–Crippen MR) is 138 cm³/mol. The number of nitrogens with zero attached hydrogens (tertiary/aromatic N) is 2. The van der Waals surface area contributed by atoms with Crippen LogP contribution < -0.4 is 13.9 Å². The third-order valence-corrected chi connectivity index (χ3v) is 10.5. The third kappa shape index (κ3) is 6.07. The number of carboxylic acid groups (broad SMARTS) is 1. The van der Waals surface area contributed by atoms with E-state index in [0.29, 0.717) is 14.5 Å². The van der Waals surface area contributed by atoms with Gasteiger partial charge in [0.15, 0.2) is 0 Å². The number of benzene rings is 2. The van der Waals surface area contributed by atoms with Crippen LogP contribution in [0.25, 0.3) is 15.9 Å². The van der Waals surface area contributed by atoms with E-state index in [-0.39, 0.29) is 21.4 Å². The van der Waals surface area contributed by atoms with Gasteiger partial charge in [-0.25, -0.2) is 0 Å². The molecule has 0 saturated heterocycles.